The van der Waals surface area contributed by atoms with Gasteiger partial charge in [0.25, 0.3) is 0 Å². The quantitative estimate of drug-likeness (QED) is 0.504. The number of hydrogen-bond acceptors (Lipinski definition) is 3. The van der Waals surface area contributed by atoms with Gasteiger partial charge in [-0.05, 0) is 60.9 Å². The molecule has 2 aromatic carbocycles. The van der Waals surface area contributed by atoms with E-state index >= 15 is 0 Å². The minimum atomic E-state index is 0.815. The molecule has 4 heteroatoms. The summed E-state index contributed by atoms with van der Waals surface area (Å²) in [5, 5.41) is 5.52. The van der Waals surface area contributed by atoms with Crippen molar-refractivity contribution in [3.8, 4) is 16.9 Å². The van der Waals surface area contributed by atoms with Gasteiger partial charge in [-0.1, -0.05) is 18.7 Å². The normalized spacial score (nSPS) is 11.0. The zero-order valence-electron chi connectivity index (χ0n) is 15.2. The van der Waals surface area contributed by atoms with Gasteiger partial charge in [0, 0.05) is 28.4 Å². The molecule has 0 saturated carbocycles. The number of nitrogens with zero attached hydrogens (tertiary/aromatic N) is 1. The SMILES string of the molecule is C=C(C)Nc1cccc(-c2ccc(OC)c3[nH]c4ncc(C)cc4c23)c1. The Hall–Kier alpha value is -3.27. The lowest BCUT2D eigenvalue weighted by Crippen LogP contribution is -1.93. The van der Waals surface area contributed by atoms with E-state index in [9.17, 15) is 0 Å². The van der Waals surface area contributed by atoms with Crippen LogP contribution in [0, 0.1) is 6.92 Å². The number of fused-ring (bicyclic) bond motifs is 3. The van der Waals surface area contributed by atoms with Gasteiger partial charge in [0.05, 0.1) is 12.6 Å². The lowest BCUT2D eigenvalue weighted by atomic mass is 9.98. The number of allylic oxidation sites excluding steroid dienone is 1. The van der Waals surface area contributed by atoms with Crippen LogP contribution >= 0.6 is 0 Å². The van der Waals surface area contributed by atoms with E-state index in [4.69, 9.17) is 4.74 Å². The first-order valence-corrected chi connectivity index (χ1v) is 8.55. The van der Waals surface area contributed by atoms with Gasteiger partial charge in [0.1, 0.15) is 11.4 Å². The molecule has 0 aliphatic rings. The van der Waals surface area contributed by atoms with Crippen molar-refractivity contribution < 1.29 is 4.74 Å². The first-order chi connectivity index (χ1) is 12.6. The number of H-pyrrole nitrogens is 1. The van der Waals surface area contributed by atoms with E-state index in [0.29, 0.717) is 0 Å². The van der Waals surface area contributed by atoms with Gasteiger partial charge in [-0.3, -0.25) is 0 Å². The summed E-state index contributed by atoms with van der Waals surface area (Å²) in [6.07, 6.45) is 1.88. The Bertz CT molecular complexity index is 1140. The highest BCUT2D eigenvalue weighted by Crippen LogP contribution is 2.39. The van der Waals surface area contributed by atoms with E-state index in [1.54, 1.807) is 7.11 Å². The predicted molar refractivity (Wildman–Crippen MR) is 109 cm³/mol. The maximum absolute atomic E-state index is 5.57. The van der Waals surface area contributed by atoms with E-state index < -0.39 is 0 Å². The zero-order chi connectivity index (χ0) is 18.3. The molecule has 0 amide bonds. The van der Waals surface area contributed by atoms with Crippen molar-refractivity contribution in [2.75, 3.05) is 12.4 Å². The number of anilines is 1. The third-order valence-electron chi connectivity index (χ3n) is 4.46. The average molecular weight is 343 g/mol. The van der Waals surface area contributed by atoms with Crippen LogP contribution in [0.25, 0.3) is 33.1 Å². The van der Waals surface area contributed by atoms with Gasteiger partial charge < -0.3 is 15.0 Å². The summed E-state index contributed by atoms with van der Waals surface area (Å²) < 4.78 is 5.57. The molecule has 2 N–H and O–H groups in total. The van der Waals surface area contributed by atoms with Crippen LogP contribution in [0.2, 0.25) is 0 Å². The second-order valence-corrected chi connectivity index (χ2v) is 6.59. The van der Waals surface area contributed by atoms with E-state index in [0.717, 1.165) is 55.8 Å². The van der Waals surface area contributed by atoms with Crippen molar-refractivity contribution in [1.82, 2.24) is 9.97 Å². The van der Waals surface area contributed by atoms with E-state index in [2.05, 4.69) is 59.1 Å². The van der Waals surface area contributed by atoms with Crippen LogP contribution in [0.3, 0.4) is 0 Å². The number of nitrogens with one attached hydrogen (secondary N) is 2. The molecule has 130 valence electrons. The Morgan fingerprint density at radius 1 is 1.19 bits per heavy atom. The van der Waals surface area contributed by atoms with Crippen molar-refractivity contribution in [2.24, 2.45) is 0 Å². The number of rotatable bonds is 4. The number of aromatic amines is 1. The smallest absolute Gasteiger partial charge is 0.143 e. The molecule has 0 aliphatic carbocycles. The highest BCUT2D eigenvalue weighted by molar-refractivity contribution is 6.15. The predicted octanol–water partition coefficient (Wildman–Crippen LogP) is 5.65. The van der Waals surface area contributed by atoms with Crippen LogP contribution in [0.5, 0.6) is 5.75 Å². The highest BCUT2D eigenvalue weighted by Gasteiger charge is 2.15. The molecular formula is C22H21N3O. The molecule has 0 fully saturated rings. The number of benzene rings is 2. The van der Waals surface area contributed by atoms with Crippen molar-refractivity contribution >= 4 is 27.6 Å². The van der Waals surface area contributed by atoms with Crippen LogP contribution in [0.15, 0.2) is 60.9 Å². The summed E-state index contributed by atoms with van der Waals surface area (Å²) in [4.78, 5) is 7.97. The Kier molecular flexibility index (Phi) is 3.88. The van der Waals surface area contributed by atoms with Gasteiger partial charge >= 0.3 is 0 Å². The molecule has 2 aromatic heterocycles. The van der Waals surface area contributed by atoms with E-state index in [1.165, 1.54) is 0 Å². The maximum atomic E-state index is 5.57. The zero-order valence-corrected chi connectivity index (χ0v) is 15.2. The Balaban J connectivity index is 2.02. The van der Waals surface area contributed by atoms with Gasteiger partial charge in [-0.25, -0.2) is 4.98 Å². The summed E-state index contributed by atoms with van der Waals surface area (Å²) in [6, 6.07) is 14.6. The standard InChI is InChI=1S/C22H21N3O/c1-13(2)24-16-7-5-6-15(11-16)17-8-9-19(26-4)21-20(17)18-10-14(3)12-23-22(18)25-21/h5-12,24H,1H2,2-4H3,(H,23,25). The fraction of sp³-hybridized carbons (Fsp3) is 0.136. The molecule has 0 bridgehead atoms. The summed E-state index contributed by atoms with van der Waals surface area (Å²) in [6.45, 7) is 7.94. The molecule has 4 rings (SSSR count). The fourth-order valence-electron chi connectivity index (χ4n) is 3.39. The Labute approximate surface area is 152 Å². The number of methoxy groups -OCH3 is 1. The number of ether oxygens (including phenoxy) is 1. The molecule has 0 aliphatic heterocycles. The Morgan fingerprint density at radius 3 is 2.81 bits per heavy atom. The lowest BCUT2D eigenvalue weighted by molar-refractivity contribution is 0.419. The fourth-order valence-corrected chi connectivity index (χ4v) is 3.39. The first kappa shape index (κ1) is 16.2. The second-order valence-electron chi connectivity index (χ2n) is 6.59. The molecule has 4 aromatic rings. The highest BCUT2D eigenvalue weighted by atomic mass is 16.5. The van der Waals surface area contributed by atoms with Crippen LogP contribution in [-0.2, 0) is 0 Å². The minimum Gasteiger partial charge on any atom is -0.495 e. The molecule has 0 radical (unpaired) electrons. The minimum absolute atomic E-state index is 0.815. The number of hydrogen-bond donors (Lipinski definition) is 2. The molecule has 26 heavy (non-hydrogen) atoms. The first-order valence-electron chi connectivity index (χ1n) is 8.55. The van der Waals surface area contributed by atoms with Crippen LogP contribution in [0.4, 0.5) is 5.69 Å². The molecule has 2 heterocycles. The number of pyridine rings is 1. The summed E-state index contributed by atoms with van der Waals surface area (Å²) >= 11 is 0. The molecule has 0 atom stereocenters. The number of aryl methyl sites for hydroxylation is 1. The molecule has 0 unspecified atom stereocenters. The van der Waals surface area contributed by atoms with Gasteiger partial charge in [-0.15, -0.1) is 0 Å². The van der Waals surface area contributed by atoms with E-state index in [1.807, 2.05) is 25.3 Å². The van der Waals surface area contributed by atoms with Crippen LogP contribution in [0.1, 0.15) is 12.5 Å². The van der Waals surface area contributed by atoms with E-state index in [-0.39, 0.29) is 0 Å². The second kappa shape index (κ2) is 6.23. The lowest BCUT2D eigenvalue weighted by Gasteiger charge is -2.11. The van der Waals surface area contributed by atoms with Gasteiger partial charge in [0.15, 0.2) is 0 Å². The van der Waals surface area contributed by atoms with Crippen LogP contribution < -0.4 is 10.1 Å². The van der Waals surface area contributed by atoms with Crippen molar-refractivity contribution in [3.05, 3.63) is 66.5 Å². The molecule has 4 nitrogen and oxygen atoms in total. The van der Waals surface area contributed by atoms with Crippen molar-refractivity contribution in [2.45, 2.75) is 13.8 Å². The largest absolute Gasteiger partial charge is 0.495 e. The summed E-state index contributed by atoms with van der Waals surface area (Å²) in [5.74, 6) is 0.815. The third kappa shape index (κ3) is 2.69. The molecule has 0 saturated heterocycles. The third-order valence-corrected chi connectivity index (χ3v) is 4.46. The monoisotopic (exact) mass is 343 g/mol. The topological polar surface area (TPSA) is 49.9 Å². The number of aromatic nitrogens is 2. The average Bonchev–Trinajstić information content (AvgIpc) is 2.99. The van der Waals surface area contributed by atoms with Crippen molar-refractivity contribution in [1.29, 1.82) is 0 Å². The maximum Gasteiger partial charge on any atom is 0.143 e. The molecular weight excluding hydrogens is 322 g/mol. The summed E-state index contributed by atoms with van der Waals surface area (Å²) in [5.41, 5.74) is 7.17. The molecule has 0 spiro atoms. The Morgan fingerprint density at radius 2 is 2.04 bits per heavy atom. The van der Waals surface area contributed by atoms with Gasteiger partial charge in [-0.2, -0.15) is 0 Å². The van der Waals surface area contributed by atoms with Gasteiger partial charge in [0.2, 0.25) is 0 Å². The van der Waals surface area contributed by atoms with Crippen molar-refractivity contribution in [3.63, 3.8) is 0 Å². The van der Waals surface area contributed by atoms with Crippen LogP contribution in [-0.4, -0.2) is 17.1 Å². The summed E-state index contributed by atoms with van der Waals surface area (Å²) in [7, 11) is 1.69.